The highest BCUT2D eigenvalue weighted by atomic mass is 19.4. The van der Waals surface area contributed by atoms with Crippen LogP contribution >= 0.6 is 0 Å². The molecule has 114 valence electrons. The van der Waals surface area contributed by atoms with E-state index in [0.717, 1.165) is 0 Å². The second-order valence-electron chi connectivity index (χ2n) is 5.52. The van der Waals surface area contributed by atoms with E-state index < -0.39 is 30.1 Å². The van der Waals surface area contributed by atoms with E-state index >= 15 is 0 Å². The summed E-state index contributed by atoms with van der Waals surface area (Å²) in [5.74, 6) is -7.11. The van der Waals surface area contributed by atoms with Gasteiger partial charge in [0.1, 0.15) is 5.78 Å². The topological polar surface area (TPSA) is 43.4 Å². The molecule has 2 fully saturated rings. The lowest BCUT2D eigenvalue weighted by Gasteiger charge is -2.28. The molecule has 2 aliphatic carbocycles. The van der Waals surface area contributed by atoms with Crippen LogP contribution in [0.15, 0.2) is 0 Å². The minimum absolute atomic E-state index is 0.0211. The quantitative estimate of drug-likeness (QED) is 0.594. The van der Waals surface area contributed by atoms with Gasteiger partial charge in [-0.15, -0.1) is 0 Å². The van der Waals surface area contributed by atoms with Gasteiger partial charge in [0.05, 0.1) is 5.92 Å². The predicted molar refractivity (Wildman–Crippen MR) is 55.9 cm³/mol. The number of Topliss-reactive ketones (excluding diaryl/α,β-unsaturated/α-hetero) is 1. The Morgan fingerprint density at radius 1 is 1.25 bits per heavy atom. The number of halogens is 5. The van der Waals surface area contributed by atoms with Crippen molar-refractivity contribution < 1.29 is 36.3 Å². The SMILES string of the molecule is CC(F)(F)C(OC(=O)C1CC2CC1CC2=O)C(F)(F)F. The summed E-state index contributed by atoms with van der Waals surface area (Å²) in [6.07, 6.45) is -8.14. The summed E-state index contributed by atoms with van der Waals surface area (Å²) >= 11 is 0. The van der Waals surface area contributed by atoms with Crippen molar-refractivity contribution in [2.24, 2.45) is 17.8 Å². The summed E-state index contributed by atoms with van der Waals surface area (Å²) in [4.78, 5) is 23.0. The highest BCUT2D eigenvalue weighted by molar-refractivity contribution is 5.87. The first-order chi connectivity index (χ1) is 9.00. The van der Waals surface area contributed by atoms with Gasteiger partial charge in [0.25, 0.3) is 12.0 Å². The van der Waals surface area contributed by atoms with E-state index in [4.69, 9.17) is 0 Å². The van der Waals surface area contributed by atoms with Gasteiger partial charge >= 0.3 is 12.1 Å². The number of rotatable bonds is 3. The summed E-state index contributed by atoms with van der Waals surface area (Å²) in [7, 11) is 0. The fourth-order valence-corrected chi connectivity index (χ4v) is 2.99. The average Bonchev–Trinajstić information content (AvgIpc) is 2.80. The van der Waals surface area contributed by atoms with E-state index in [1.165, 1.54) is 0 Å². The Morgan fingerprint density at radius 2 is 1.85 bits per heavy atom. The van der Waals surface area contributed by atoms with Crippen LogP contribution < -0.4 is 0 Å². The van der Waals surface area contributed by atoms with Crippen LogP contribution in [0.1, 0.15) is 26.2 Å². The second-order valence-corrected chi connectivity index (χ2v) is 5.52. The summed E-state index contributed by atoms with van der Waals surface area (Å²) in [6, 6.07) is 0. The number of carbonyl (C=O) groups excluding carboxylic acids is 2. The van der Waals surface area contributed by atoms with Crippen LogP contribution in [0.4, 0.5) is 22.0 Å². The normalized spacial score (nSPS) is 31.5. The first-order valence-electron chi connectivity index (χ1n) is 6.18. The number of hydrogen-bond donors (Lipinski definition) is 0. The highest BCUT2D eigenvalue weighted by Crippen LogP contribution is 2.47. The zero-order valence-electron chi connectivity index (χ0n) is 10.5. The molecule has 0 aromatic heterocycles. The maximum atomic E-state index is 12.9. The number of ether oxygens (including phenoxy) is 1. The number of fused-ring (bicyclic) bond motifs is 2. The van der Waals surface area contributed by atoms with Crippen LogP contribution in [0.5, 0.6) is 0 Å². The largest absolute Gasteiger partial charge is 0.446 e. The Bertz CT molecular complexity index is 412. The Labute approximate surface area is 111 Å². The van der Waals surface area contributed by atoms with Crippen LogP contribution in [-0.4, -0.2) is 30.0 Å². The fourth-order valence-electron chi connectivity index (χ4n) is 2.99. The first-order valence-corrected chi connectivity index (χ1v) is 6.18. The zero-order valence-corrected chi connectivity index (χ0v) is 10.5. The van der Waals surface area contributed by atoms with Gasteiger partial charge in [0.2, 0.25) is 0 Å². The molecule has 20 heavy (non-hydrogen) atoms. The Balaban J connectivity index is 2.05. The van der Waals surface area contributed by atoms with Gasteiger partial charge in [-0.05, 0) is 18.8 Å². The van der Waals surface area contributed by atoms with Gasteiger partial charge in [-0.2, -0.15) is 13.2 Å². The maximum absolute atomic E-state index is 12.9. The molecule has 3 nitrogen and oxygen atoms in total. The predicted octanol–water partition coefficient (Wildman–Crippen LogP) is 2.73. The van der Waals surface area contributed by atoms with Crippen LogP contribution in [-0.2, 0) is 14.3 Å². The Kier molecular flexibility index (Phi) is 3.54. The molecule has 0 aliphatic heterocycles. The molecule has 4 atom stereocenters. The van der Waals surface area contributed by atoms with Crippen molar-refractivity contribution in [1.29, 1.82) is 0 Å². The molecule has 0 radical (unpaired) electrons. The molecular weight excluding hydrogens is 287 g/mol. The van der Waals surface area contributed by atoms with Gasteiger partial charge in [0.15, 0.2) is 0 Å². The highest BCUT2D eigenvalue weighted by Gasteiger charge is 2.58. The first kappa shape index (κ1) is 15.2. The number of hydrogen-bond acceptors (Lipinski definition) is 3. The lowest BCUT2D eigenvalue weighted by Crippen LogP contribution is -2.47. The van der Waals surface area contributed by atoms with E-state index in [2.05, 4.69) is 4.74 Å². The van der Waals surface area contributed by atoms with E-state index in [0.29, 0.717) is 6.42 Å². The molecule has 0 saturated heterocycles. The minimum Gasteiger partial charge on any atom is -0.446 e. The van der Waals surface area contributed by atoms with E-state index in [9.17, 15) is 31.5 Å². The van der Waals surface area contributed by atoms with E-state index in [1.807, 2.05) is 0 Å². The van der Waals surface area contributed by atoms with Crippen molar-refractivity contribution in [3.05, 3.63) is 0 Å². The van der Waals surface area contributed by atoms with Crippen LogP contribution in [0.3, 0.4) is 0 Å². The molecule has 0 N–H and O–H groups in total. The molecule has 4 unspecified atom stereocenters. The van der Waals surface area contributed by atoms with Crippen LogP contribution in [0.25, 0.3) is 0 Å². The van der Waals surface area contributed by atoms with Gasteiger partial charge in [-0.3, -0.25) is 9.59 Å². The summed E-state index contributed by atoms with van der Waals surface area (Å²) in [6.45, 7) is 0.0583. The number of carbonyl (C=O) groups is 2. The molecule has 2 rings (SSSR count). The molecule has 0 spiro atoms. The summed E-state index contributed by atoms with van der Waals surface area (Å²) < 4.78 is 67.4. The Morgan fingerprint density at radius 3 is 2.20 bits per heavy atom. The molecule has 8 heteroatoms. The van der Waals surface area contributed by atoms with E-state index in [-0.39, 0.29) is 37.4 Å². The molecular formula is C12H13F5O3. The lowest BCUT2D eigenvalue weighted by molar-refractivity contribution is -0.275. The van der Waals surface area contributed by atoms with Gasteiger partial charge < -0.3 is 4.74 Å². The third kappa shape index (κ3) is 2.78. The van der Waals surface area contributed by atoms with Gasteiger partial charge in [0, 0.05) is 19.3 Å². The van der Waals surface area contributed by atoms with Gasteiger partial charge in [-0.1, -0.05) is 0 Å². The standard InChI is InChI=1S/C12H13F5O3/c1-11(13,14)10(12(15,16)17)20-9(19)7-3-6-2-5(7)4-8(6)18/h5-7,10H,2-4H2,1H3. The van der Waals surface area contributed by atoms with Crippen molar-refractivity contribution >= 4 is 11.8 Å². The Hall–Kier alpha value is -1.21. The second kappa shape index (κ2) is 4.66. The molecule has 2 aliphatic rings. The fraction of sp³-hybridized carbons (Fsp3) is 0.833. The lowest BCUT2D eigenvalue weighted by atomic mass is 9.88. The molecule has 2 saturated carbocycles. The third-order valence-electron chi connectivity index (χ3n) is 3.91. The number of ketones is 1. The van der Waals surface area contributed by atoms with Crippen molar-refractivity contribution in [2.45, 2.75) is 44.4 Å². The minimum atomic E-state index is -5.33. The summed E-state index contributed by atoms with van der Waals surface area (Å²) in [5, 5.41) is 0. The zero-order chi connectivity index (χ0) is 15.3. The molecule has 0 amide bonds. The van der Waals surface area contributed by atoms with Crippen molar-refractivity contribution in [1.82, 2.24) is 0 Å². The van der Waals surface area contributed by atoms with Gasteiger partial charge in [-0.25, -0.2) is 8.78 Å². The summed E-state index contributed by atoms with van der Waals surface area (Å²) in [5.41, 5.74) is 0. The monoisotopic (exact) mass is 300 g/mol. The third-order valence-corrected chi connectivity index (χ3v) is 3.91. The number of alkyl halides is 5. The van der Waals surface area contributed by atoms with Crippen molar-refractivity contribution in [3.63, 3.8) is 0 Å². The molecule has 0 heterocycles. The average molecular weight is 300 g/mol. The molecule has 2 bridgehead atoms. The molecule has 0 aromatic rings. The molecule has 0 aromatic carbocycles. The maximum Gasteiger partial charge on any atom is 0.431 e. The van der Waals surface area contributed by atoms with Crippen LogP contribution in [0.2, 0.25) is 0 Å². The number of esters is 1. The van der Waals surface area contributed by atoms with Crippen LogP contribution in [0, 0.1) is 17.8 Å². The smallest absolute Gasteiger partial charge is 0.431 e. The van der Waals surface area contributed by atoms with E-state index in [1.54, 1.807) is 0 Å². The van der Waals surface area contributed by atoms with Crippen molar-refractivity contribution in [3.8, 4) is 0 Å². The van der Waals surface area contributed by atoms with Crippen molar-refractivity contribution in [2.75, 3.05) is 0 Å².